The van der Waals surface area contributed by atoms with Gasteiger partial charge in [-0.3, -0.25) is 19.3 Å². The molecule has 5 rings (SSSR count). The van der Waals surface area contributed by atoms with Crippen LogP contribution in [0.4, 0.5) is 5.69 Å². The summed E-state index contributed by atoms with van der Waals surface area (Å²) in [5.41, 5.74) is 1.05. The average Bonchev–Trinajstić information content (AvgIpc) is 3.47. The Hall–Kier alpha value is -3.28. The van der Waals surface area contributed by atoms with Crippen LogP contribution in [0.3, 0.4) is 0 Å². The van der Waals surface area contributed by atoms with Gasteiger partial charge < -0.3 is 4.74 Å². The first-order valence-corrected chi connectivity index (χ1v) is 10.7. The molecular weight excluding hydrogens is 394 g/mol. The van der Waals surface area contributed by atoms with Crippen molar-refractivity contribution in [1.82, 2.24) is 0 Å². The maximum atomic E-state index is 13.0. The summed E-state index contributed by atoms with van der Waals surface area (Å²) in [4.78, 5) is 52.5. The lowest BCUT2D eigenvalue weighted by Crippen LogP contribution is -2.33. The van der Waals surface area contributed by atoms with E-state index in [0.717, 1.165) is 19.3 Å². The monoisotopic (exact) mass is 417 g/mol. The number of Topliss-reactive ketones (excluding diaryl/α,β-unsaturated/α-hetero) is 1. The fourth-order valence-corrected chi connectivity index (χ4v) is 5.55. The van der Waals surface area contributed by atoms with E-state index in [9.17, 15) is 19.2 Å². The Labute approximate surface area is 180 Å². The zero-order valence-corrected chi connectivity index (χ0v) is 17.2. The van der Waals surface area contributed by atoms with E-state index in [-0.39, 0.29) is 35.0 Å². The van der Waals surface area contributed by atoms with E-state index in [4.69, 9.17) is 4.74 Å². The number of anilines is 1. The summed E-state index contributed by atoms with van der Waals surface area (Å²) >= 11 is 0. The Kier molecular flexibility index (Phi) is 4.73. The van der Waals surface area contributed by atoms with Crippen molar-refractivity contribution in [3.63, 3.8) is 0 Å². The predicted molar refractivity (Wildman–Crippen MR) is 112 cm³/mol. The molecule has 0 unspecified atom stereocenters. The number of fused-ring (bicyclic) bond motifs is 5. The lowest BCUT2D eigenvalue weighted by atomic mass is 9.81. The van der Waals surface area contributed by atoms with Crippen molar-refractivity contribution in [2.45, 2.75) is 32.3 Å². The molecule has 5 atom stereocenters. The van der Waals surface area contributed by atoms with Crippen molar-refractivity contribution in [1.29, 1.82) is 0 Å². The minimum atomic E-state index is -0.955. The van der Waals surface area contributed by atoms with E-state index in [1.165, 1.54) is 17.9 Å². The van der Waals surface area contributed by atoms with Gasteiger partial charge in [-0.2, -0.15) is 0 Å². The van der Waals surface area contributed by atoms with Crippen LogP contribution in [0.15, 0.2) is 54.6 Å². The number of rotatable bonds is 5. The Morgan fingerprint density at radius 1 is 0.903 bits per heavy atom. The van der Waals surface area contributed by atoms with Gasteiger partial charge >= 0.3 is 5.97 Å². The van der Waals surface area contributed by atoms with Crippen LogP contribution in [0.5, 0.6) is 0 Å². The van der Waals surface area contributed by atoms with Crippen LogP contribution in [0.1, 0.15) is 46.9 Å². The minimum absolute atomic E-state index is 0.152. The number of benzene rings is 2. The zero-order chi connectivity index (χ0) is 21.7. The topological polar surface area (TPSA) is 80.8 Å². The third-order valence-electron chi connectivity index (χ3n) is 6.98. The number of hydrogen-bond acceptors (Lipinski definition) is 5. The number of ether oxygens (including phenoxy) is 1. The molecule has 1 aliphatic heterocycles. The second-order valence-corrected chi connectivity index (χ2v) is 8.72. The highest BCUT2D eigenvalue weighted by atomic mass is 16.5. The van der Waals surface area contributed by atoms with Crippen LogP contribution in [-0.2, 0) is 14.3 Å². The Balaban J connectivity index is 1.34. The van der Waals surface area contributed by atoms with Gasteiger partial charge in [0.05, 0.1) is 23.1 Å². The molecule has 2 aromatic carbocycles. The molecule has 0 aromatic heterocycles. The number of ketones is 1. The summed E-state index contributed by atoms with van der Waals surface area (Å²) < 4.78 is 5.37. The third kappa shape index (κ3) is 3.17. The smallest absolute Gasteiger partial charge is 0.338 e. The van der Waals surface area contributed by atoms with Crippen molar-refractivity contribution in [3.8, 4) is 0 Å². The van der Waals surface area contributed by atoms with Crippen molar-refractivity contribution in [2.75, 3.05) is 4.90 Å². The van der Waals surface area contributed by atoms with Crippen molar-refractivity contribution < 1.29 is 23.9 Å². The van der Waals surface area contributed by atoms with Crippen LogP contribution >= 0.6 is 0 Å². The summed E-state index contributed by atoms with van der Waals surface area (Å²) in [5.74, 6) is -1.10. The molecule has 0 N–H and O–H groups in total. The quantitative estimate of drug-likeness (QED) is 0.421. The summed E-state index contributed by atoms with van der Waals surface area (Å²) in [6.07, 6.45) is 2.04. The molecule has 6 heteroatoms. The third-order valence-corrected chi connectivity index (χ3v) is 6.98. The number of imide groups is 1. The van der Waals surface area contributed by atoms with Crippen LogP contribution in [0.25, 0.3) is 0 Å². The highest BCUT2D eigenvalue weighted by molar-refractivity contribution is 6.22. The second-order valence-electron chi connectivity index (χ2n) is 8.72. The van der Waals surface area contributed by atoms with Gasteiger partial charge in [-0.1, -0.05) is 36.4 Å². The van der Waals surface area contributed by atoms with Gasteiger partial charge in [-0.15, -0.1) is 0 Å². The molecule has 6 nitrogen and oxygen atoms in total. The summed E-state index contributed by atoms with van der Waals surface area (Å²) in [6, 6.07) is 15.0. The van der Waals surface area contributed by atoms with Crippen LogP contribution < -0.4 is 4.90 Å². The highest BCUT2D eigenvalue weighted by Crippen LogP contribution is 2.56. The van der Waals surface area contributed by atoms with Gasteiger partial charge in [0.25, 0.3) is 0 Å². The van der Waals surface area contributed by atoms with E-state index in [2.05, 4.69) is 0 Å². The van der Waals surface area contributed by atoms with E-state index >= 15 is 0 Å². The van der Waals surface area contributed by atoms with Crippen molar-refractivity contribution in [2.24, 2.45) is 23.7 Å². The van der Waals surface area contributed by atoms with Crippen LogP contribution in [0, 0.1) is 23.7 Å². The molecular formula is C25H23NO5. The van der Waals surface area contributed by atoms with Crippen LogP contribution in [0.2, 0.25) is 0 Å². The molecule has 1 heterocycles. The maximum absolute atomic E-state index is 13.0. The first-order valence-electron chi connectivity index (χ1n) is 10.7. The molecule has 2 aliphatic carbocycles. The number of nitrogens with zero attached hydrogens (tertiary/aromatic N) is 1. The molecule has 2 amide bonds. The molecule has 31 heavy (non-hydrogen) atoms. The number of esters is 1. The summed E-state index contributed by atoms with van der Waals surface area (Å²) in [5, 5.41) is 0. The average molecular weight is 417 g/mol. The van der Waals surface area contributed by atoms with Gasteiger partial charge in [0.2, 0.25) is 17.6 Å². The number of amides is 2. The van der Waals surface area contributed by atoms with Gasteiger partial charge in [0.1, 0.15) is 0 Å². The first kappa shape index (κ1) is 19.7. The van der Waals surface area contributed by atoms with E-state index in [1.807, 2.05) is 0 Å². The first-order chi connectivity index (χ1) is 15.0. The van der Waals surface area contributed by atoms with Crippen molar-refractivity contribution in [3.05, 3.63) is 65.7 Å². The normalized spacial score (nSPS) is 27.3. The highest BCUT2D eigenvalue weighted by Gasteiger charge is 2.61. The van der Waals surface area contributed by atoms with Crippen LogP contribution in [-0.4, -0.2) is 29.7 Å². The van der Waals surface area contributed by atoms with E-state index in [0.29, 0.717) is 23.1 Å². The lowest BCUT2D eigenvalue weighted by molar-refractivity contribution is -0.123. The SMILES string of the molecule is C[C@H](OC(=O)c1cccc(N2C(=O)[C@@H]3[C@H]4CC[C@@H](C4)[C@H]3C2=O)c1)C(=O)c1ccccc1. The van der Waals surface area contributed by atoms with Gasteiger partial charge in [0, 0.05) is 5.56 Å². The number of carbonyl (C=O) groups is 4. The molecule has 0 radical (unpaired) electrons. The summed E-state index contributed by atoms with van der Waals surface area (Å²) in [7, 11) is 0. The Morgan fingerprint density at radius 3 is 2.16 bits per heavy atom. The number of carbonyl (C=O) groups excluding carboxylic acids is 4. The van der Waals surface area contributed by atoms with Gasteiger partial charge in [0.15, 0.2) is 6.10 Å². The molecule has 2 aromatic rings. The zero-order valence-electron chi connectivity index (χ0n) is 17.2. The molecule has 1 saturated heterocycles. The molecule has 2 saturated carbocycles. The predicted octanol–water partition coefficient (Wildman–Crippen LogP) is 3.65. The van der Waals surface area contributed by atoms with E-state index in [1.54, 1.807) is 48.5 Å². The Morgan fingerprint density at radius 2 is 1.52 bits per heavy atom. The largest absolute Gasteiger partial charge is 0.451 e. The molecule has 0 spiro atoms. The van der Waals surface area contributed by atoms with Gasteiger partial charge in [-0.25, -0.2) is 4.79 Å². The lowest BCUT2D eigenvalue weighted by Gasteiger charge is -2.19. The second kappa shape index (κ2) is 7.45. The molecule has 3 fully saturated rings. The van der Waals surface area contributed by atoms with E-state index < -0.39 is 12.1 Å². The minimum Gasteiger partial charge on any atom is -0.451 e. The number of hydrogen-bond donors (Lipinski definition) is 0. The fraction of sp³-hybridized carbons (Fsp3) is 0.360. The molecule has 158 valence electrons. The standard InChI is InChI=1S/C25H23NO5/c1-14(22(27)15-6-3-2-4-7-15)31-25(30)18-8-5-9-19(13-18)26-23(28)20-16-10-11-17(12-16)21(20)24(26)29/h2-9,13-14,16-17,20-21H,10-12H2,1H3/t14-,16-,17-,20+,21+/m0/s1. The summed E-state index contributed by atoms with van der Waals surface area (Å²) in [6.45, 7) is 1.53. The van der Waals surface area contributed by atoms with Gasteiger partial charge in [-0.05, 0) is 56.2 Å². The fourth-order valence-electron chi connectivity index (χ4n) is 5.55. The Bertz CT molecular complexity index is 1050. The molecule has 3 aliphatic rings. The maximum Gasteiger partial charge on any atom is 0.338 e. The molecule has 2 bridgehead atoms. The van der Waals surface area contributed by atoms with Crippen molar-refractivity contribution >= 4 is 29.3 Å².